The molecule has 0 N–H and O–H groups in total. The maximum Gasteiger partial charge on any atom is 0.129 e. The van der Waals surface area contributed by atoms with Crippen molar-refractivity contribution < 1.29 is 4.39 Å². The van der Waals surface area contributed by atoms with E-state index in [0.29, 0.717) is 15.1 Å². The van der Waals surface area contributed by atoms with E-state index in [4.69, 9.17) is 23.2 Å². The lowest BCUT2D eigenvalue weighted by Crippen LogP contribution is -2.00. The first-order chi connectivity index (χ1) is 8.58. The van der Waals surface area contributed by atoms with E-state index in [9.17, 15) is 4.39 Å². The third kappa shape index (κ3) is 3.61. The molecule has 4 heteroatoms. The van der Waals surface area contributed by atoms with Crippen molar-refractivity contribution >= 4 is 39.1 Å². The lowest BCUT2D eigenvalue weighted by molar-refractivity contribution is 0.475. The van der Waals surface area contributed by atoms with Crippen LogP contribution in [0.15, 0.2) is 16.6 Å². The van der Waals surface area contributed by atoms with E-state index in [2.05, 4.69) is 15.9 Å². The zero-order valence-electron chi connectivity index (χ0n) is 10.1. The molecule has 1 atom stereocenters. The highest BCUT2D eigenvalue weighted by atomic mass is 79.9. The van der Waals surface area contributed by atoms with Gasteiger partial charge in [0.2, 0.25) is 0 Å². The molecule has 1 unspecified atom stereocenters. The Balaban J connectivity index is 1.99. The highest BCUT2D eigenvalue weighted by molar-refractivity contribution is 9.10. The Morgan fingerprint density at radius 2 is 2.00 bits per heavy atom. The van der Waals surface area contributed by atoms with Crippen LogP contribution in [0.2, 0.25) is 5.02 Å². The van der Waals surface area contributed by atoms with Gasteiger partial charge in [0.15, 0.2) is 0 Å². The largest absolute Gasteiger partial charge is 0.207 e. The lowest BCUT2D eigenvalue weighted by Gasteiger charge is -2.14. The van der Waals surface area contributed by atoms with Crippen LogP contribution in [0.5, 0.6) is 0 Å². The van der Waals surface area contributed by atoms with Gasteiger partial charge in [-0.2, -0.15) is 0 Å². The summed E-state index contributed by atoms with van der Waals surface area (Å²) in [6.45, 7) is 0. The summed E-state index contributed by atoms with van der Waals surface area (Å²) in [6, 6.07) is 3.02. The predicted octanol–water partition coefficient (Wildman–Crippen LogP) is 6.49. The van der Waals surface area contributed by atoms with Gasteiger partial charge in [0, 0.05) is 10.0 Å². The van der Waals surface area contributed by atoms with E-state index in [0.717, 1.165) is 18.8 Å². The number of halogens is 4. The zero-order valence-corrected chi connectivity index (χ0v) is 13.2. The van der Waals surface area contributed by atoms with Crippen molar-refractivity contribution in [3.63, 3.8) is 0 Å². The molecule has 0 saturated heterocycles. The Hall–Kier alpha value is 0.210. The average Bonchev–Trinajstić information content (AvgIpc) is 2.84. The lowest BCUT2D eigenvalue weighted by atomic mass is 9.98. The van der Waals surface area contributed by atoms with E-state index >= 15 is 0 Å². The topological polar surface area (TPSA) is 0 Å². The molecular weight excluding hydrogens is 338 g/mol. The molecule has 0 heterocycles. The second kappa shape index (κ2) is 6.58. The Morgan fingerprint density at radius 1 is 1.33 bits per heavy atom. The summed E-state index contributed by atoms with van der Waals surface area (Å²) in [5, 5.41) is 0.231. The van der Waals surface area contributed by atoms with Crippen molar-refractivity contribution in [2.45, 2.75) is 43.9 Å². The fraction of sp³-hybridized carbons (Fsp3) is 0.571. The smallest absolute Gasteiger partial charge is 0.129 e. The SMILES string of the molecule is Fc1cc(Br)c(Cl)cc1C(Cl)CCC1CCCC1. The molecule has 0 amide bonds. The Bertz CT molecular complexity index is 417. The Labute approximate surface area is 126 Å². The molecule has 1 aromatic rings. The van der Waals surface area contributed by atoms with E-state index in [1.807, 2.05) is 0 Å². The van der Waals surface area contributed by atoms with Gasteiger partial charge in [0.05, 0.1) is 10.4 Å². The summed E-state index contributed by atoms with van der Waals surface area (Å²) < 4.78 is 14.4. The molecule has 1 saturated carbocycles. The molecule has 0 nitrogen and oxygen atoms in total. The molecule has 1 aliphatic carbocycles. The maximum atomic E-state index is 13.8. The fourth-order valence-corrected chi connectivity index (χ4v) is 3.40. The summed E-state index contributed by atoms with van der Waals surface area (Å²) in [4.78, 5) is 0. The highest BCUT2D eigenvalue weighted by Crippen LogP contribution is 2.37. The monoisotopic (exact) mass is 352 g/mol. The molecule has 2 rings (SSSR count). The van der Waals surface area contributed by atoms with E-state index < -0.39 is 0 Å². The molecule has 1 aromatic carbocycles. The van der Waals surface area contributed by atoms with Gasteiger partial charge in [-0.1, -0.05) is 37.3 Å². The molecule has 0 aromatic heterocycles. The number of alkyl halides is 1. The van der Waals surface area contributed by atoms with Crippen LogP contribution in [0, 0.1) is 11.7 Å². The first kappa shape index (κ1) is 14.6. The molecule has 0 aliphatic heterocycles. The van der Waals surface area contributed by atoms with Crippen molar-refractivity contribution in [1.82, 2.24) is 0 Å². The first-order valence-corrected chi connectivity index (χ1v) is 7.97. The Morgan fingerprint density at radius 3 is 2.67 bits per heavy atom. The maximum absolute atomic E-state index is 13.8. The molecule has 100 valence electrons. The van der Waals surface area contributed by atoms with Crippen molar-refractivity contribution in [3.05, 3.63) is 33.0 Å². The van der Waals surface area contributed by atoms with Crippen LogP contribution >= 0.6 is 39.1 Å². The van der Waals surface area contributed by atoms with Gasteiger partial charge in [-0.25, -0.2) is 4.39 Å². The van der Waals surface area contributed by atoms with Gasteiger partial charge in [-0.05, 0) is 46.8 Å². The summed E-state index contributed by atoms with van der Waals surface area (Å²) in [7, 11) is 0. The summed E-state index contributed by atoms with van der Waals surface area (Å²) in [6.07, 6.45) is 7.16. The van der Waals surface area contributed by atoms with Crippen molar-refractivity contribution in [3.8, 4) is 0 Å². The second-order valence-corrected chi connectivity index (χ2v) is 6.77. The van der Waals surface area contributed by atoms with Gasteiger partial charge in [0.25, 0.3) is 0 Å². The first-order valence-electron chi connectivity index (χ1n) is 6.36. The van der Waals surface area contributed by atoms with Crippen LogP contribution in [0.3, 0.4) is 0 Å². The highest BCUT2D eigenvalue weighted by Gasteiger charge is 2.19. The fourth-order valence-electron chi connectivity index (χ4n) is 2.61. The minimum atomic E-state index is -0.281. The van der Waals surface area contributed by atoms with Crippen LogP contribution in [0.4, 0.5) is 4.39 Å². The minimum absolute atomic E-state index is 0.280. The van der Waals surface area contributed by atoms with E-state index in [-0.39, 0.29) is 11.2 Å². The van der Waals surface area contributed by atoms with Crippen molar-refractivity contribution in [2.75, 3.05) is 0 Å². The summed E-state index contributed by atoms with van der Waals surface area (Å²) in [5.74, 6) is 0.498. The van der Waals surface area contributed by atoms with Gasteiger partial charge in [-0.15, -0.1) is 11.6 Å². The van der Waals surface area contributed by atoms with Gasteiger partial charge in [-0.3, -0.25) is 0 Å². The van der Waals surface area contributed by atoms with E-state index in [1.165, 1.54) is 31.7 Å². The molecule has 1 fully saturated rings. The van der Waals surface area contributed by atoms with Gasteiger partial charge >= 0.3 is 0 Å². The molecule has 0 bridgehead atoms. The van der Waals surface area contributed by atoms with Crippen LogP contribution in [0.25, 0.3) is 0 Å². The number of hydrogen-bond acceptors (Lipinski definition) is 0. The molecule has 0 radical (unpaired) electrons. The number of benzene rings is 1. The average molecular weight is 354 g/mol. The third-order valence-corrected chi connectivity index (χ3v) is 5.33. The standard InChI is InChI=1S/C14H16BrCl2F/c15-11-8-14(18)10(7-13(11)17)12(16)6-5-9-3-1-2-4-9/h7-9,12H,1-6H2. The number of hydrogen-bond donors (Lipinski definition) is 0. The van der Waals surface area contributed by atoms with Gasteiger partial charge in [0.1, 0.15) is 5.82 Å². The molecule has 1 aliphatic rings. The normalized spacial score (nSPS) is 18.2. The summed E-state index contributed by atoms with van der Waals surface area (Å²) in [5.41, 5.74) is 0.517. The van der Waals surface area contributed by atoms with Crippen molar-refractivity contribution in [2.24, 2.45) is 5.92 Å². The Kier molecular flexibility index (Phi) is 5.35. The van der Waals surface area contributed by atoms with Crippen LogP contribution < -0.4 is 0 Å². The van der Waals surface area contributed by atoms with Crippen LogP contribution in [-0.2, 0) is 0 Å². The zero-order chi connectivity index (χ0) is 13.1. The third-order valence-electron chi connectivity index (χ3n) is 3.68. The summed E-state index contributed by atoms with van der Waals surface area (Å²) >= 11 is 15.5. The van der Waals surface area contributed by atoms with E-state index in [1.54, 1.807) is 6.07 Å². The second-order valence-electron chi connectivity index (χ2n) is 4.98. The van der Waals surface area contributed by atoms with Crippen LogP contribution in [0.1, 0.15) is 49.5 Å². The van der Waals surface area contributed by atoms with Crippen molar-refractivity contribution in [1.29, 1.82) is 0 Å². The molecule has 18 heavy (non-hydrogen) atoms. The molecule has 0 spiro atoms. The number of rotatable bonds is 4. The van der Waals surface area contributed by atoms with Crippen LogP contribution in [-0.4, -0.2) is 0 Å². The van der Waals surface area contributed by atoms with Gasteiger partial charge < -0.3 is 0 Å². The predicted molar refractivity (Wildman–Crippen MR) is 78.9 cm³/mol. The minimum Gasteiger partial charge on any atom is -0.207 e. The quantitative estimate of drug-likeness (QED) is 0.428. The molecular formula is C14H16BrCl2F.